The Morgan fingerprint density at radius 1 is 1.03 bits per heavy atom. The first-order valence-corrected chi connectivity index (χ1v) is 11.8. The zero-order chi connectivity index (χ0) is 21.9. The molecule has 0 radical (unpaired) electrons. The van der Waals surface area contributed by atoms with Crippen molar-refractivity contribution in [2.24, 2.45) is 0 Å². The molecule has 2 fully saturated rings. The minimum Gasteiger partial charge on any atom is -0.385 e. The molecule has 0 aliphatic carbocycles. The summed E-state index contributed by atoms with van der Waals surface area (Å²) in [6.07, 6.45) is 1.78. The second-order valence-corrected chi connectivity index (χ2v) is 9.73. The highest BCUT2D eigenvalue weighted by molar-refractivity contribution is 7.86. The first kappa shape index (κ1) is 23.6. The molecule has 0 aromatic heterocycles. The second-order valence-electron chi connectivity index (χ2n) is 8.11. The number of benzene rings is 1. The van der Waals surface area contributed by atoms with E-state index < -0.39 is 27.3 Å². The third-order valence-electron chi connectivity index (χ3n) is 5.70. The Hall–Kier alpha value is -1.07. The summed E-state index contributed by atoms with van der Waals surface area (Å²) >= 11 is 0. The van der Waals surface area contributed by atoms with E-state index in [1.807, 2.05) is 13.8 Å². The Morgan fingerprint density at radius 2 is 1.60 bits per heavy atom. The lowest BCUT2D eigenvalue weighted by Crippen LogP contribution is -2.54. The highest BCUT2D eigenvalue weighted by Crippen LogP contribution is 2.41. The maximum Gasteiger partial charge on any atom is 0.297 e. The number of hydrogen-bond donors (Lipinski definition) is 1. The molecule has 0 amide bonds. The van der Waals surface area contributed by atoms with Crippen LogP contribution in [0, 0.1) is 6.92 Å². The van der Waals surface area contributed by atoms with E-state index in [0.717, 1.165) is 12.0 Å². The van der Waals surface area contributed by atoms with Crippen molar-refractivity contribution in [2.45, 2.75) is 68.5 Å². The molecule has 9 heteroatoms. The predicted octanol–water partition coefficient (Wildman–Crippen LogP) is 2.52. The van der Waals surface area contributed by atoms with Crippen LogP contribution in [0.4, 0.5) is 0 Å². The van der Waals surface area contributed by atoms with Gasteiger partial charge >= 0.3 is 0 Å². The molecule has 0 bridgehead atoms. The van der Waals surface area contributed by atoms with Gasteiger partial charge in [0.25, 0.3) is 10.1 Å². The lowest BCUT2D eigenvalue weighted by Gasteiger charge is -2.42. The Morgan fingerprint density at radius 3 is 2.17 bits per heavy atom. The van der Waals surface area contributed by atoms with Crippen LogP contribution in [0.25, 0.3) is 0 Å². The van der Waals surface area contributed by atoms with Gasteiger partial charge in [0.05, 0.1) is 31.3 Å². The molecule has 1 unspecified atom stereocenters. The van der Waals surface area contributed by atoms with Gasteiger partial charge < -0.3 is 24.1 Å². The van der Waals surface area contributed by atoms with Crippen LogP contribution in [-0.2, 0) is 33.2 Å². The number of ether oxygens (including phenoxy) is 4. The van der Waals surface area contributed by atoms with Crippen LogP contribution in [0.5, 0.6) is 0 Å². The lowest BCUT2D eigenvalue weighted by atomic mass is 9.86. The molecule has 2 aliphatic heterocycles. The molecule has 1 aromatic rings. The monoisotopic (exact) mass is 444 g/mol. The Kier molecular flexibility index (Phi) is 7.23. The van der Waals surface area contributed by atoms with Gasteiger partial charge in [0.2, 0.25) is 0 Å². The number of aryl methyl sites for hydroxylation is 1. The normalized spacial score (nSPS) is 22.8. The van der Waals surface area contributed by atoms with E-state index in [0.29, 0.717) is 32.8 Å². The first-order chi connectivity index (χ1) is 14.1. The quantitative estimate of drug-likeness (QED) is 0.550. The van der Waals surface area contributed by atoms with Crippen molar-refractivity contribution in [3.05, 3.63) is 29.8 Å². The maximum atomic E-state index is 12.6. The minimum atomic E-state index is -3.96. The van der Waals surface area contributed by atoms with Crippen molar-refractivity contribution < 1.29 is 36.7 Å². The molecule has 30 heavy (non-hydrogen) atoms. The number of rotatable bonds is 10. The SMILES string of the molecule is CCCC(C)(O)C1(CCC2(COS(=O)(=O)c3ccc(C)cc3)OCCO2)OCCO1. The van der Waals surface area contributed by atoms with Gasteiger partial charge in [-0.2, -0.15) is 8.42 Å². The van der Waals surface area contributed by atoms with Gasteiger partial charge in [0.1, 0.15) is 12.2 Å². The van der Waals surface area contributed by atoms with E-state index in [1.165, 1.54) is 12.1 Å². The van der Waals surface area contributed by atoms with Gasteiger partial charge in [-0.05, 0) is 32.4 Å². The molecule has 1 N–H and O–H groups in total. The van der Waals surface area contributed by atoms with E-state index in [-0.39, 0.29) is 24.3 Å². The van der Waals surface area contributed by atoms with E-state index in [1.54, 1.807) is 19.1 Å². The molecule has 8 nitrogen and oxygen atoms in total. The number of hydrogen-bond acceptors (Lipinski definition) is 8. The molecule has 2 aliphatic rings. The molecule has 2 heterocycles. The highest BCUT2D eigenvalue weighted by atomic mass is 32.2. The van der Waals surface area contributed by atoms with Crippen LogP contribution in [0.2, 0.25) is 0 Å². The summed E-state index contributed by atoms with van der Waals surface area (Å²) < 4.78 is 53.7. The van der Waals surface area contributed by atoms with Gasteiger partial charge in [0, 0.05) is 12.8 Å². The Labute approximate surface area is 178 Å². The molecule has 170 valence electrons. The summed E-state index contributed by atoms with van der Waals surface area (Å²) in [7, 11) is -3.96. The summed E-state index contributed by atoms with van der Waals surface area (Å²) in [5, 5.41) is 11.0. The fourth-order valence-electron chi connectivity index (χ4n) is 3.95. The summed E-state index contributed by atoms with van der Waals surface area (Å²) in [5.74, 6) is -2.44. The molecule has 3 rings (SSSR count). The standard InChI is InChI=1S/C21H32O8S/c1-4-9-19(3,22)21(27-14-15-28-21)11-10-20(25-12-13-26-20)16-29-30(23,24)18-7-5-17(2)6-8-18/h5-8,22H,4,9-16H2,1-3H3. The summed E-state index contributed by atoms with van der Waals surface area (Å²) in [6.45, 7) is 6.68. The fourth-order valence-corrected chi connectivity index (χ4v) is 4.89. The van der Waals surface area contributed by atoms with Crippen molar-refractivity contribution in [1.29, 1.82) is 0 Å². The molecule has 1 aromatic carbocycles. The first-order valence-electron chi connectivity index (χ1n) is 10.4. The minimum absolute atomic E-state index is 0.0751. The average Bonchev–Trinajstić information content (AvgIpc) is 3.37. The summed E-state index contributed by atoms with van der Waals surface area (Å²) in [5.41, 5.74) is -0.249. The van der Waals surface area contributed by atoms with E-state index in [2.05, 4.69) is 0 Å². The molecular weight excluding hydrogens is 412 g/mol. The third kappa shape index (κ3) is 5.04. The van der Waals surface area contributed by atoms with Crippen LogP contribution in [0.3, 0.4) is 0 Å². The highest BCUT2D eigenvalue weighted by Gasteiger charge is 2.53. The zero-order valence-corrected chi connectivity index (χ0v) is 18.7. The summed E-state index contributed by atoms with van der Waals surface area (Å²) in [4.78, 5) is 0.0751. The third-order valence-corrected chi connectivity index (χ3v) is 6.98. The van der Waals surface area contributed by atoms with E-state index >= 15 is 0 Å². The van der Waals surface area contributed by atoms with E-state index in [4.69, 9.17) is 23.1 Å². The van der Waals surface area contributed by atoms with Crippen molar-refractivity contribution in [1.82, 2.24) is 0 Å². The summed E-state index contributed by atoms with van der Waals surface area (Å²) in [6, 6.07) is 6.43. The Bertz CT molecular complexity index is 791. The van der Waals surface area contributed by atoms with Crippen molar-refractivity contribution >= 4 is 10.1 Å². The largest absolute Gasteiger partial charge is 0.385 e. The Balaban J connectivity index is 1.71. The van der Waals surface area contributed by atoms with Crippen LogP contribution in [-0.4, -0.2) is 63.7 Å². The molecular formula is C21H32O8S. The molecule has 1 atom stereocenters. The van der Waals surface area contributed by atoms with Crippen LogP contribution >= 0.6 is 0 Å². The van der Waals surface area contributed by atoms with Gasteiger partial charge in [0.15, 0.2) is 11.6 Å². The lowest BCUT2D eigenvalue weighted by molar-refractivity contribution is -0.281. The van der Waals surface area contributed by atoms with Gasteiger partial charge in [-0.15, -0.1) is 0 Å². The van der Waals surface area contributed by atoms with E-state index in [9.17, 15) is 13.5 Å². The predicted molar refractivity (Wildman–Crippen MR) is 108 cm³/mol. The molecule has 0 saturated carbocycles. The zero-order valence-electron chi connectivity index (χ0n) is 17.9. The average molecular weight is 445 g/mol. The van der Waals surface area contributed by atoms with Crippen molar-refractivity contribution in [2.75, 3.05) is 33.0 Å². The van der Waals surface area contributed by atoms with Crippen LogP contribution in [0.1, 0.15) is 45.1 Å². The van der Waals surface area contributed by atoms with Gasteiger partial charge in [-0.3, -0.25) is 4.18 Å². The van der Waals surface area contributed by atoms with Gasteiger partial charge in [-0.1, -0.05) is 31.0 Å². The molecule has 2 saturated heterocycles. The van der Waals surface area contributed by atoms with Crippen molar-refractivity contribution in [3.8, 4) is 0 Å². The smallest absolute Gasteiger partial charge is 0.297 e. The van der Waals surface area contributed by atoms with Crippen LogP contribution in [0.15, 0.2) is 29.2 Å². The van der Waals surface area contributed by atoms with Crippen LogP contribution < -0.4 is 0 Å². The number of aliphatic hydroxyl groups is 1. The topological polar surface area (TPSA) is 101 Å². The second kappa shape index (κ2) is 9.20. The fraction of sp³-hybridized carbons (Fsp3) is 0.714. The van der Waals surface area contributed by atoms with Crippen molar-refractivity contribution in [3.63, 3.8) is 0 Å². The van der Waals surface area contributed by atoms with Gasteiger partial charge in [-0.25, -0.2) is 0 Å². The molecule has 0 spiro atoms. The maximum absolute atomic E-state index is 12.6.